The second-order valence-electron chi connectivity index (χ2n) is 10.9. The Kier molecular flexibility index (Phi) is 5.75. The summed E-state index contributed by atoms with van der Waals surface area (Å²) in [4.78, 5) is 10.3. The Bertz CT molecular complexity index is 1220. The van der Waals surface area contributed by atoms with E-state index in [-0.39, 0.29) is 11.2 Å². The number of anilines is 1. The molecule has 4 heteroatoms. The van der Waals surface area contributed by atoms with Crippen molar-refractivity contribution in [3.8, 4) is 0 Å². The Morgan fingerprint density at radius 1 is 0.800 bits per heavy atom. The molecule has 35 heavy (non-hydrogen) atoms. The molecule has 4 saturated carbocycles. The molecule has 3 aromatic carbocycles. The fourth-order valence-corrected chi connectivity index (χ4v) is 7.05. The van der Waals surface area contributed by atoms with Gasteiger partial charge >= 0.3 is 0 Å². The summed E-state index contributed by atoms with van der Waals surface area (Å²) in [5.74, 6) is 3.89. The van der Waals surface area contributed by atoms with Gasteiger partial charge in [-0.1, -0.05) is 42.5 Å². The number of nitrogens with one attached hydrogen (secondary N) is 1. The summed E-state index contributed by atoms with van der Waals surface area (Å²) in [6.45, 7) is 2.10. The van der Waals surface area contributed by atoms with Gasteiger partial charge in [-0.25, -0.2) is 14.4 Å². The summed E-state index contributed by atoms with van der Waals surface area (Å²) < 4.78 is 13.6. The monoisotopic (exact) mass is 465 g/mol. The highest BCUT2D eigenvalue weighted by Crippen LogP contribution is 2.60. The fraction of sp³-hybridized carbons (Fsp3) is 0.355. The van der Waals surface area contributed by atoms with Crippen LogP contribution < -0.4 is 5.32 Å². The molecule has 1 N–H and O–H groups in total. The predicted octanol–water partition coefficient (Wildman–Crippen LogP) is 7.94. The summed E-state index contributed by atoms with van der Waals surface area (Å²) >= 11 is 0. The first kappa shape index (κ1) is 22.2. The zero-order valence-corrected chi connectivity index (χ0v) is 20.3. The molecule has 4 aliphatic rings. The SMILES string of the molecule is Cc1ccccc1C(=Nc1ccc(F)cc1)N=C(Nc1ccccc1)C12CC3CC(CC(C3)C1)C2. The lowest BCUT2D eigenvalue weighted by Gasteiger charge is -2.57. The quantitative estimate of drug-likeness (QED) is 0.308. The molecule has 0 radical (unpaired) electrons. The van der Waals surface area contributed by atoms with Crippen LogP contribution >= 0.6 is 0 Å². The average Bonchev–Trinajstić information content (AvgIpc) is 2.85. The van der Waals surface area contributed by atoms with Gasteiger partial charge in [-0.2, -0.15) is 0 Å². The van der Waals surface area contributed by atoms with Gasteiger partial charge in [-0.05, 0) is 105 Å². The van der Waals surface area contributed by atoms with Crippen LogP contribution in [0.3, 0.4) is 0 Å². The van der Waals surface area contributed by atoms with Gasteiger partial charge in [-0.15, -0.1) is 0 Å². The maximum atomic E-state index is 13.6. The van der Waals surface area contributed by atoms with Crippen LogP contribution in [0.1, 0.15) is 49.7 Å². The van der Waals surface area contributed by atoms with Crippen LogP contribution in [0.25, 0.3) is 0 Å². The molecule has 3 nitrogen and oxygen atoms in total. The summed E-state index contributed by atoms with van der Waals surface area (Å²) in [7, 11) is 0. The van der Waals surface area contributed by atoms with E-state index < -0.39 is 0 Å². The van der Waals surface area contributed by atoms with E-state index in [4.69, 9.17) is 9.98 Å². The molecule has 0 aliphatic heterocycles. The van der Waals surface area contributed by atoms with Gasteiger partial charge in [0.25, 0.3) is 0 Å². The molecular formula is C31H32FN3. The molecule has 0 aromatic heterocycles. The number of benzene rings is 3. The van der Waals surface area contributed by atoms with Gasteiger partial charge in [0, 0.05) is 16.7 Å². The third-order valence-electron chi connectivity index (χ3n) is 8.24. The van der Waals surface area contributed by atoms with Crippen molar-refractivity contribution in [1.82, 2.24) is 0 Å². The maximum absolute atomic E-state index is 13.6. The van der Waals surface area contributed by atoms with Crippen LogP contribution in [-0.4, -0.2) is 11.7 Å². The molecular weight excluding hydrogens is 433 g/mol. The molecule has 4 aliphatic carbocycles. The number of hydrogen-bond acceptors (Lipinski definition) is 1. The molecule has 0 heterocycles. The number of rotatable bonds is 4. The van der Waals surface area contributed by atoms with Crippen LogP contribution in [0.15, 0.2) is 88.8 Å². The highest BCUT2D eigenvalue weighted by atomic mass is 19.1. The van der Waals surface area contributed by atoms with Crippen molar-refractivity contribution in [2.75, 3.05) is 5.32 Å². The number of hydrogen-bond donors (Lipinski definition) is 1. The van der Waals surface area contributed by atoms with Crippen LogP contribution in [0.5, 0.6) is 0 Å². The normalized spacial score (nSPS) is 27.8. The summed E-state index contributed by atoms with van der Waals surface area (Å²) in [6, 6.07) is 25.0. The number of para-hydroxylation sites is 1. The average molecular weight is 466 g/mol. The number of nitrogens with zero attached hydrogens (tertiary/aromatic N) is 2. The fourth-order valence-electron chi connectivity index (χ4n) is 7.05. The minimum atomic E-state index is -0.259. The third-order valence-corrected chi connectivity index (χ3v) is 8.24. The molecule has 0 amide bonds. The zero-order chi connectivity index (χ0) is 23.8. The van der Waals surface area contributed by atoms with Crippen LogP contribution in [0.2, 0.25) is 0 Å². The Hall–Kier alpha value is -3.27. The van der Waals surface area contributed by atoms with Crippen LogP contribution in [-0.2, 0) is 0 Å². The van der Waals surface area contributed by atoms with E-state index in [1.165, 1.54) is 50.7 Å². The molecule has 0 spiro atoms. The van der Waals surface area contributed by atoms with E-state index in [2.05, 4.69) is 48.6 Å². The molecule has 178 valence electrons. The first-order chi connectivity index (χ1) is 17.1. The smallest absolute Gasteiger partial charge is 0.162 e. The molecule has 4 fully saturated rings. The predicted molar refractivity (Wildman–Crippen MR) is 142 cm³/mol. The van der Waals surface area contributed by atoms with E-state index in [1.807, 2.05) is 18.2 Å². The molecule has 7 rings (SSSR count). The summed E-state index contributed by atoms with van der Waals surface area (Å²) in [6.07, 6.45) is 7.75. The number of aliphatic imine (C=N–C) groups is 2. The van der Waals surface area contributed by atoms with Crippen LogP contribution in [0, 0.1) is 35.9 Å². The Morgan fingerprint density at radius 2 is 1.40 bits per heavy atom. The highest BCUT2D eigenvalue weighted by Gasteiger charge is 2.53. The lowest BCUT2D eigenvalue weighted by atomic mass is 9.49. The van der Waals surface area contributed by atoms with Gasteiger partial charge in [0.15, 0.2) is 5.84 Å². The third kappa shape index (κ3) is 4.54. The van der Waals surface area contributed by atoms with E-state index >= 15 is 0 Å². The molecule has 4 bridgehead atoms. The van der Waals surface area contributed by atoms with Crippen molar-refractivity contribution in [2.45, 2.75) is 45.4 Å². The Balaban J connectivity index is 1.49. The standard InChI is InChI=1S/C31H32FN3/c1-21-7-5-6-10-28(21)29(33-27-13-11-25(32)12-14-27)35-30(34-26-8-3-2-4-9-26)31-18-22-15-23(19-31)17-24(16-22)20-31/h2-14,22-24H,15-20H2,1H3,(H,33,34,35). The molecule has 0 saturated heterocycles. The highest BCUT2D eigenvalue weighted by molar-refractivity contribution is 6.13. The van der Waals surface area contributed by atoms with Gasteiger partial charge in [0.1, 0.15) is 11.7 Å². The number of halogens is 1. The minimum Gasteiger partial charge on any atom is -0.343 e. The maximum Gasteiger partial charge on any atom is 0.162 e. The van der Waals surface area contributed by atoms with E-state index in [9.17, 15) is 4.39 Å². The lowest BCUT2D eigenvalue weighted by Crippen LogP contribution is -2.52. The van der Waals surface area contributed by atoms with Crippen LogP contribution in [0.4, 0.5) is 15.8 Å². The van der Waals surface area contributed by atoms with Crippen molar-refractivity contribution >= 4 is 23.0 Å². The van der Waals surface area contributed by atoms with Crippen molar-refractivity contribution in [3.05, 3.63) is 95.8 Å². The molecule has 0 unspecified atom stereocenters. The lowest BCUT2D eigenvalue weighted by molar-refractivity contribution is -0.0122. The minimum absolute atomic E-state index is 0.0663. The zero-order valence-electron chi connectivity index (χ0n) is 20.3. The Labute approximate surface area is 207 Å². The first-order valence-electron chi connectivity index (χ1n) is 12.9. The van der Waals surface area contributed by atoms with E-state index in [0.29, 0.717) is 11.5 Å². The van der Waals surface area contributed by atoms with Crippen molar-refractivity contribution in [2.24, 2.45) is 33.2 Å². The Morgan fingerprint density at radius 3 is 2.03 bits per heavy atom. The van der Waals surface area contributed by atoms with Crippen molar-refractivity contribution in [1.29, 1.82) is 0 Å². The molecule has 3 aromatic rings. The van der Waals surface area contributed by atoms with Gasteiger partial charge in [0.05, 0.1) is 5.69 Å². The first-order valence-corrected chi connectivity index (χ1v) is 12.9. The second kappa shape index (κ2) is 9.07. The van der Waals surface area contributed by atoms with Gasteiger partial charge in [-0.3, -0.25) is 0 Å². The number of aryl methyl sites for hydroxylation is 1. The number of amidine groups is 2. The summed E-state index contributed by atoms with van der Waals surface area (Å²) in [5, 5.41) is 3.76. The van der Waals surface area contributed by atoms with Gasteiger partial charge < -0.3 is 5.32 Å². The molecule has 0 atom stereocenters. The van der Waals surface area contributed by atoms with Crippen molar-refractivity contribution in [3.63, 3.8) is 0 Å². The second-order valence-corrected chi connectivity index (χ2v) is 10.9. The van der Waals surface area contributed by atoms with Gasteiger partial charge in [0.2, 0.25) is 0 Å². The summed E-state index contributed by atoms with van der Waals surface area (Å²) in [5.41, 5.74) is 3.97. The van der Waals surface area contributed by atoms with Crippen molar-refractivity contribution < 1.29 is 4.39 Å². The largest absolute Gasteiger partial charge is 0.343 e. The topological polar surface area (TPSA) is 36.8 Å². The van der Waals surface area contributed by atoms with E-state index in [0.717, 1.165) is 40.4 Å². The van der Waals surface area contributed by atoms with E-state index in [1.54, 1.807) is 12.1 Å².